The lowest BCUT2D eigenvalue weighted by Gasteiger charge is -2.19. The Bertz CT molecular complexity index is 356. The third kappa shape index (κ3) is 3.76. The van der Waals surface area contributed by atoms with Gasteiger partial charge in [0, 0.05) is 26.1 Å². The van der Waals surface area contributed by atoms with Gasteiger partial charge in [0.1, 0.15) is 0 Å². The smallest absolute Gasteiger partial charge is 0.230 e. The lowest BCUT2D eigenvalue weighted by atomic mass is 10.4. The monoisotopic (exact) mass is 254 g/mol. The molecule has 0 spiro atoms. The predicted molar refractivity (Wildman–Crippen MR) is 67.1 cm³/mol. The number of hydrogen-bond acceptors (Lipinski definition) is 6. The number of aliphatic hydroxyl groups excluding tert-OH is 1. The van der Waals surface area contributed by atoms with E-state index < -0.39 is 0 Å². The summed E-state index contributed by atoms with van der Waals surface area (Å²) in [5, 5.41) is 17.0. The van der Waals surface area contributed by atoms with Gasteiger partial charge in [-0.05, 0) is 19.5 Å². The molecule has 1 N–H and O–H groups in total. The maximum Gasteiger partial charge on any atom is 0.230 e. The van der Waals surface area contributed by atoms with E-state index in [1.54, 1.807) is 0 Å². The van der Waals surface area contributed by atoms with E-state index in [4.69, 9.17) is 9.52 Å². The van der Waals surface area contributed by atoms with Crippen molar-refractivity contribution in [3.63, 3.8) is 0 Å². The van der Waals surface area contributed by atoms with Crippen molar-refractivity contribution >= 4 is 0 Å². The molecule has 2 heterocycles. The van der Waals surface area contributed by atoms with Gasteiger partial charge in [0.25, 0.3) is 0 Å². The van der Waals surface area contributed by atoms with Crippen molar-refractivity contribution in [3.05, 3.63) is 11.8 Å². The number of rotatable bonds is 5. The van der Waals surface area contributed by atoms with Gasteiger partial charge in [0.05, 0.1) is 13.2 Å². The number of nitrogens with zero attached hydrogens (tertiary/aromatic N) is 4. The highest BCUT2D eigenvalue weighted by molar-refractivity contribution is 4.82. The Morgan fingerprint density at radius 2 is 1.83 bits per heavy atom. The van der Waals surface area contributed by atoms with E-state index in [-0.39, 0.29) is 6.61 Å². The Kier molecular flexibility index (Phi) is 5.10. The second-order valence-electron chi connectivity index (χ2n) is 4.64. The van der Waals surface area contributed by atoms with Crippen LogP contribution in [0.2, 0.25) is 0 Å². The largest absolute Gasteiger partial charge is 0.424 e. The fourth-order valence-electron chi connectivity index (χ4n) is 2.23. The first-order valence-corrected chi connectivity index (χ1v) is 6.68. The standard InChI is InChI=1S/C12H22N4O2/c1-2-11-13-14-12(18-11)10-16-5-3-4-15(6-7-16)8-9-17/h17H,2-10H2,1H3. The molecule has 0 radical (unpaired) electrons. The van der Waals surface area contributed by atoms with E-state index in [2.05, 4.69) is 20.0 Å². The van der Waals surface area contributed by atoms with Gasteiger partial charge < -0.3 is 9.52 Å². The molecule has 102 valence electrons. The zero-order valence-electron chi connectivity index (χ0n) is 11.0. The van der Waals surface area contributed by atoms with Crippen LogP contribution in [-0.2, 0) is 13.0 Å². The summed E-state index contributed by atoms with van der Waals surface area (Å²) < 4.78 is 5.53. The molecule has 1 aromatic heterocycles. The Hall–Kier alpha value is -0.980. The second kappa shape index (κ2) is 6.82. The fraction of sp³-hybridized carbons (Fsp3) is 0.833. The van der Waals surface area contributed by atoms with Crippen LogP contribution in [0.5, 0.6) is 0 Å². The first-order valence-electron chi connectivity index (χ1n) is 6.68. The molecule has 6 heteroatoms. The average molecular weight is 254 g/mol. The molecule has 1 aromatic rings. The summed E-state index contributed by atoms with van der Waals surface area (Å²) in [6, 6.07) is 0. The second-order valence-corrected chi connectivity index (χ2v) is 4.64. The van der Waals surface area contributed by atoms with Gasteiger partial charge in [0.2, 0.25) is 11.8 Å². The number of β-amino-alcohol motifs (C(OH)–C–C–N with tert-alkyl or cyclic N) is 1. The first kappa shape index (κ1) is 13.5. The third-order valence-corrected chi connectivity index (χ3v) is 3.27. The summed E-state index contributed by atoms with van der Waals surface area (Å²) in [7, 11) is 0. The molecule has 6 nitrogen and oxygen atoms in total. The Morgan fingerprint density at radius 1 is 1.11 bits per heavy atom. The van der Waals surface area contributed by atoms with Crippen LogP contribution in [0.4, 0.5) is 0 Å². The summed E-state index contributed by atoms with van der Waals surface area (Å²) in [5.41, 5.74) is 0. The number of aliphatic hydroxyl groups is 1. The predicted octanol–water partition coefficient (Wildman–Crippen LogP) is 0.132. The van der Waals surface area contributed by atoms with Gasteiger partial charge in [-0.15, -0.1) is 10.2 Å². The number of hydrogen-bond donors (Lipinski definition) is 1. The van der Waals surface area contributed by atoms with E-state index in [0.29, 0.717) is 11.8 Å². The van der Waals surface area contributed by atoms with Crippen LogP contribution in [0.15, 0.2) is 4.42 Å². The lowest BCUT2D eigenvalue weighted by molar-refractivity contribution is 0.193. The summed E-state index contributed by atoms with van der Waals surface area (Å²) >= 11 is 0. The van der Waals surface area contributed by atoms with Crippen molar-refractivity contribution in [2.45, 2.75) is 26.3 Å². The van der Waals surface area contributed by atoms with Crippen molar-refractivity contribution in [2.75, 3.05) is 39.3 Å². The minimum atomic E-state index is 0.240. The number of aryl methyl sites for hydroxylation is 1. The van der Waals surface area contributed by atoms with Crippen LogP contribution in [-0.4, -0.2) is 64.4 Å². The van der Waals surface area contributed by atoms with Gasteiger partial charge in [-0.3, -0.25) is 9.80 Å². The minimum Gasteiger partial charge on any atom is -0.424 e. The zero-order chi connectivity index (χ0) is 12.8. The average Bonchev–Trinajstić information content (AvgIpc) is 2.71. The van der Waals surface area contributed by atoms with Gasteiger partial charge in [-0.25, -0.2) is 0 Å². The van der Waals surface area contributed by atoms with Crippen LogP contribution in [0.25, 0.3) is 0 Å². The molecule has 1 aliphatic rings. The van der Waals surface area contributed by atoms with Crippen molar-refractivity contribution in [1.82, 2.24) is 20.0 Å². The molecular formula is C12H22N4O2. The highest BCUT2D eigenvalue weighted by Crippen LogP contribution is 2.08. The molecule has 1 aliphatic heterocycles. The highest BCUT2D eigenvalue weighted by Gasteiger charge is 2.16. The summed E-state index contributed by atoms with van der Waals surface area (Å²) in [6.45, 7) is 7.85. The summed E-state index contributed by atoms with van der Waals surface area (Å²) in [6.07, 6.45) is 1.91. The quantitative estimate of drug-likeness (QED) is 0.806. The van der Waals surface area contributed by atoms with Crippen LogP contribution in [0.3, 0.4) is 0 Å². The minimum absolute atomic E-state index is 0.240. The Balaban J connectivity index is 1.82. The SMILES string of the molecule is CCc1nnc(CN2CCCN(CCO)CC2)o1. The van der Waals surface area contributed by atoms with Crippen molar-refractivity contribution in [3.8, 4) is 0 Å². The fourth-order valence-corrected chi connectivity index (χ4v) is 2.23. The number of aromatic nitrogens is 2. The van der Waals surface area contributed by atoms with Crippen molar-refractivity contribution < 1.29 is 9.52 Å². The molecule has 0 aliphatic carbocycles. The molecular weight excluding hydrogens is 232 g/mol. The molecule has 1 saturated heterocycles. The lowest BCUT2D eigenvalue weighted by Crippen LogP contribution is -2.32. The van der Waals surface area contributed by atoms with Crippen LogP contribution < -0.4 is 0 Å². The van der Waals surface area contributed by atoms with Crippen molar-refractivity contribution in [1.29, 1.82) is 0 Å². The van der Waals surface area contributed by atoms with Gasteiger partial charge in [-0.2, -0.15) is 0 Å². The van der Waals surface area contributed by atoms with Crippen LogP contribution >= 0.6 is 0 Å². The van der Waals surface area contributed by atoms with Gasteiger partial charge in [-0.1, -0.05) is 6.92 Å². The summed E-state index contributed by atoms with van der Waals surface area (Å²) in [4.78, 5) is 4.63. The molecule has 2 rings (SSSR count). The van der Waals surface area contributed by atoms with Crippen LogP contribution in [0.1, 0.15) is 25.1 Å². The molecule has 0 atom stereocenters. The summed E-state index contributed by atoms with van der Waals surface area (Å²) in [5.74, 6) is 1.42. The molecule has 0 aromatic carbocycles. The highest BCUT2D eigenvalue weighted by atomic mass is 16.4. The molecule has 0 bridgehead atoms. The molecule has 0 saturated carbocycles. The van der Waals surface area contributed by atoms with E-state index in [0.717, 1.165) is 52.1 Å². The van der Waals surface area contributed by atoms with Gasteiger partial charge >= 0.3 is 0 Å². The third-order valence-electron chi connectivity index (χ3n) is 3.27. The van der Waals surface area contributed by atoms with E-state index in [1.165, 1.54) is 0 Å². The van der Waals surface area contributed by atoms with E-state index in [1.807, 2.05) is 6.92 Å². The Labute approximate surface area is 108 Å². The topological polar surface area (TPSA) is 65.6 Å². The molecule has 0 amide bonds. The van der Waals surface area contributed by atoms with Crippen molar-refractivity contribution in [2.24, 2.45) is 0 Å². The maximum absolute atomic E-state index is 8.95. The van der Waals surface area contributed by atoms with E-state index in [9.17, 15) is 0 Å². The maximum atomic E-state index is 8.95. The molecule has 18 heavy (non-hydrogen) atoms. The first-order chi connectivity index (χ1) is 8.81. The Morgan fingerprint density at radius 3 is 2.56 bits per heavy atom. The molecule has 1 fully saturated rings. The van der Waals surface area contributed by atoms with E-state index >= 15 is 0 Å². The normalized spacial score (nSPS) is 19.0. The molecule has 0 unspecified atom stereocenters. The zero-order valence-corrected chi connectivity index (χ0v) is 11.0. The van der Waals surface area contributed by atoms with Crippen LogP contribution in [0, 0.1) is 0 Å². The van der Waals surface area contributed by atoms with Gasteiger partial charge in [0.15, 0.2) is 0 Å².